The number of rotatable bonds is 6. The van der Waals surface area contributed by atoms with Crippen molar-refractivity contribution < 1.29 is 4.74 Å². The van der Waals surface area contributed by atoms with Crippen LogP contribution in [0, 0.1) is 0 Å². The Morgan fingerprint density at radius 1 is 0.912 bits per heavy atom. The van der Waals surface area contributed by atoms with Gasteiger partial charge in [0, 0.05) is 56.1 Å². The van der Waals surface area contributed by atoms with Crippen LogP contribution in [0.1, 0.15) is 36.9 Å². The first kappa shape index (κ1) is 21.4. The van der Waals surface area contributed by atoms with E-state index in [0.29, 0.717) is 12.6 Å². The highest BCUT2D eigenvalue weighted by molar-refractivity contribution is 5.69. The molecule has 0 saturated carbocycles. The first-order chi connectivity index (χ1) is 16.8. The number of hydrogen-bond donors (Lipinski definition) is 0. The van der Waals surface area contributed by atoms with E-state index in [1.54, 1.807) is 0 Å². The maximum absolute atomic E-state index is 6.11. The number of ether oxygens (including phenoxy) is 1. The maximum atomic E-state index is 6.11. The normalized spacial score (nSPS) is 20.1. The van der Waals surface area contributed by atoms with Gasteiger partial charge in [-0.2, -0.15) is 0 Å². The first-order valence-corrected chi connectivity index (χ1v) is 12.6. The molecule has 1 aromatic carbocycles. The van der Waals surface area contributed by atoms with Crippen molar-refractivity contribution in [2.75, 3.05) is 42.5 Å². The number of para-hydroxylation sites is 1. The predicted octanol–water partition coefficient (Wildman–Crippen LogP) is 4.21. The number of nitrogens with zero attached hydrogens (tertiary/aromatic N) is 6. The van der Waals surface area contributed by atoms with Crippen LogP contribution in [-0.2, 0) is 13.0 Å². The first-order valence-electron chi connectivity index (χ1n) is 12.6. The van der Waals surface area contributed by atoms with Crippen molar-refractivity contribution in [3.63, 3.8) is 0 Å². The van der Waals surface area contributed by atoms with E-state index in [1.165, 1.54) is 36.9 Å². The molecule has 0 radical (unpaired) electrons. The lowest BCUT2D eigenvalue weighted by atomic mass is 10.1. The highest BCUT2D eigenvalue weighted by Crippen LogP contribution is 2.38. The van der Waals surface area contributed by atoms with E-state index in [9.17, 15) is 0 Å². The lowest BCUT2D eigenvalue weighted by Crippen LogP contribution is -2.40. The SMILES string of the molecule is c1ccc2c(c1)COc1cccnc1N2CC1CCCN1CCc1cnc(N2CCCC2)cn1. The van der Waals surface area contributed by atoms with Crippen molar-refractivity contribution in [1.29, 1.82) is 0 Å². The minimum Gasteiger partial charge on any atom is -0.485 e. The summed E-state index contributed by atoms with van der Waals surface area (Å²) in [5, 5.41) is 0. The molecule has 1 unspecified atom stereocenters. The molecule has 1 atom stereocenters. The van der Waals surface area contributed by atoms with Crippen LogP contribution >= 0.6 is 0 Å². The number of fused-ring (bicyclic) bond motifs is 2. The summed E-state index contributed by atoms with van der Waals surface area (Å²) in [5.74, 6) is 2.80. The zero-order chi connectivity index (χ0) is 22.7. The van der Waals surface area contributed by atoms with Crippen molar-refractivity contribution in [3.8, 4) is 5.75 Å². The second-order valence-corrected chi connectivity index (χ2v) is 9.50. The van der Waals surface area contributed by atoms with Gasteiger partial charge in [0.2, 0.25) is 0 Å². The lowest BCUT2D eigenvalue weighted by molar-refractivity contribution is 0.260. The molecule has 34 heavy (non-hydrogen) atoms. The summed E-state index contributed by atoms with van der Waals surface area (Å²) in [6.45, 7) is 5.82. The summed E-state index contributed by atoms with van der Waals surface area (Å²) < 4.78 is 6.11. The second-order valence-electron chi connectivity index (χ2n) is 9.50. The van der Waals surface area contributed by atoms with Crippen molar-refractivity contribution >= 4 is 17.3 Å². The zero-order valence-electron chi connectivity index (χ0n) is 19.6. The monoisotopic (exact) mass is 456 g/mol. The Hall–Kier alpha value is -3.19. The maximum Gasteiger partial charge on any atom is 0.175 e. The molecule has 0 N–H and O–H groups in total. The molecular weight excluding hydrogens is 424 g/mol. The Labute approximate surface area is 201 Å². The van der Waals surface area contributed by atoms with E-state index in [-0.39, 0.29) is 0 Å². The van der Waals surface area contributed by atoms with E-state index in [2.05, 4.69) is 39.0 Å². The van der Waals surface area contributed by atoms with Crippen LogP contribution in [0.2, 0.25) is 0 Å². The topological polar surface area (TPSA) is 57.6 Å². The molecule has 3 aliphatic heterocycles. The summed E-state index contributed by atoms with van der Waals surface area (Å²) >= 11 is 0. The van der Waals surface area contributed by atoms with Crippen molar-refractivity contribution in [3.05, 3.63) is 66.2 Å². The van der Waals surface area contributed by atoms with Gasteiger partial charge in [0.15, 0.2) is 11.6 Å². The molecule has 2 fully saturated rings. The number of pyridine rings is 1. The largest absolute Gasteiger partial charge is 0.485 e. The van der Waals surface area contributed by atoms with E-state index in [0.717, 1.165) is 62.2 Å². The number of benzene rings is 1. The highest BCUT2D eigenvalue weighted by atomic mass is 16.5. The van der Waals surface area contributed by atoms with Gasteiger partial charge in [-0.1, -0.05) is 18.2 Å². The van der Waals surface area contributed by atoms with E-state index >= 15 is 0 Å². The average Bonchev–Trinajstić information content (AvgIpc) is 3.55. The number of anilines is 3. The van der Waals surface area contributed by atoms with Gasteiger partial charge in [0.25, 0.3) is 0 Å². The van der Waals surface area contributed by atoms with Gasteiger partial charge in [-0.25, -0.2) is 9.97 Å². The molecule has 2 aromatic heterocycles. The van der Waals surface area contributed by atoms with E-state index < -0.39 is 0 Å². The minimum absolute atomic E-state index is 0.470. The molecule has 0 amide bonds. The van der Waals surface area contributed by atoms with E-state index in [4.69, 9.17) is 19.7 Å². The fraction of sp³-hybridized carbons (Fsp3) is 0.444. The molecule has 176 valence electrons. The molecule has 7 nitrogen and oxygen atoms in total. The van der Waals surface area contributed by atoms with E-state index in [1.807, 2.05) is 30.7 Å². The standard InChI is InChI=1S/C27H32N6O/c1-2-9-24-21(7-1)20-34-25-10-5-12-28-27(25)33(24)19-23-8-6-15-31(23)16-11-22-17-30-26(18-29-22)32-13-3-4-14-32/h1-2,5,7,9-10,12,17-18,23H,3-4,6,8,11,13-16,19-20H2. The van der Waals surface area contributed by atoms with Crippen LogP contribution in [0.5, 0.6) is 5.75 Å². The Bertz CT molecular complexity index is 1070. The Kier molecular flexibility index (Phi) is 6.02. The van der Waals surface area contributed by atoms with Crippen LogP contribution in [0.25, 0.3) is 0 Å². The summed E-state index contributed by atoms with van der Waals surface area (Å²) in [6, 6.07) is 13.0. The van der Waals surface area contributed by atoms with Gasteiger partial charge in [-0.15, -0.1) is 0 Å². The fourth-order valence-corrected chi connectivity index (χ4v) is 5.50. The fourth-order valence-electron chi connectivity index (χ4n) is 5.50. The number of aromatic nitrogens is 3. The third-order valence-corrected chi connectivity index (χ3v) is 7.34. The highest BCUT2D eigenvalue weighted by Gasteiger charge is 2.30. The van der Waals surface area contributed by atoms with Gasteiger partial charge >= 0.3 is 0 Å². The van der Waals surface area contributed by atoms with Crippen molar-refractivity contribution in [2.45, 2.75) is 44.8 Å². The number of likely N-dealkylation sites (tertiary alicyclic amines) is 1. The molecule has 5 heterocycles. The second kappa shape index (κ2) is 9.58. The molecule has 6 rings (SSSR count). The zero-order valence-corrected chi connectivity index (χ0v) is 19.6. The third kappa shape index (κ3) is 4.32. The van der Waals surface area contributed by atoms with Crippen LogP contribution in [0.4, 0.5) is 17.3 Å². The quantitative estimate of drug-likeness (QED) is 0.551. The average molecular weight is 457 g/mol. The summed E-state index contributed by atoms with van der Waals surface area (Å²) in [5.41, 5.74) is 3.49. The molecule has 2 saturated heterocycles. The van der Waals surface area contributed by atoms with Crippen LogP contribution in [-0.4, -0.2) is 58.6 Å². The van der Waals surface area contributed by atoms with Gasteiger partial charge in [0.1, 0.15) is 12.4 Å². The summed E-state index contributed by atoms with van der Waals surface area (Å²) in [4.78, 5) is 21.5. The van der Waals surface area contributed by atoms with Crippen LogP contribution < -0.4 is 14.5 Å². The molecule has 3 aliphatic rings. The van der Waals surface area contributed by atoms with Crippen LogP contribution in [0.3, 0.4) is 0 Å². The lowest BCUT2D eigenvalue weighted by Gasteiger charge is -2.32. The van der Waals surface area contributed by atoms with Gasteiger partial charge in [-0.3, -0.25) is 9.88 Å². The molecule has 3 aromatic rings. The molecular formula is C27H32N6O. The molecule has 0 spiro atoms. The Balaban J connectivity index is 1.16. The Morgan fingerprint density at radius 2 is 1.82 bits per heavy atom. The Morgan fingerprint density at radius 3 is 2.71 bits per heavy atom. The summed E-state index contributed by atoms with van der Waals surface area (Å²) in [7, 11) is 0. The molecule has 7 heteroatoms. The molecule has 0 aliphatic carbocycles. The predicted molar refractivity (Wildman–Crippen MR) is 134 cm³/mol. The smallest absolute Gasteiger partial charge is 0.175 e. The van der Waals surface area contributed by atoms with Gasteiger partial charge < -0.3 is 14.5 Å². The minimum atomic E-state index is 0.470. The third-order valence-electron chi connectivity index (χ3n) is 7.34. The van der Waals surface area contributed by atoms with Gasteiger partial charge in [-0.05, 0) is 50.4 Å². The van der Waals surface area contributed by atoms with Crippen molar-refractivity contribution in [2.24, 2.45) is 0 Å². The van der Waals surface area contributed by atoms with Gasteiger partial charge in [0.05, 0.1) is 18.1 Å². The van der Waals surface area contributed by atoms with Crippen molar-refractivity contribution in [1.82, 2.24) is 19.9 Å². The van der Waals surface area contributed by atoms with Crippen LogP contribution in [0.15, 0.2) is 55.0 Å². The summed E-state index contributed by atoms with van der Waals surface area (Å²) in [6.07, 6.45) is 11.7. The number of hydrogen-bond acceptors (Lipinski definition) is 7. The molecule has 0 bridgehead atoms.